The molecule has 5 aromatic rings. The number of nitrogens with zero attached hydrogens (tertiary/aromatic N) is 1. The van der Waals surface area contributed by atoms with Gasteiger partial charge in [-0.2, -0.15) is 4.37 Å². The molecule has 1 aromatic heterocycles. The summed E-state index contributed by atoms with van der Waals surface area (Å²) >= 11 is 1.47. The summed E-state index contributed by atoms with van der Waals surface area (Å²) in [5.74, 6) is 2.20. The molecular weight excluding hydrogens is 447 g/mol. The van der Waals surface area contributed by atoms with E-state index in [9.17, 15) is 4.39 Å². The van der Waals surface area contributed by atoms with Gasteiger partial charge < -0.3 is 14.8 Å². The van der Waals surface area contributed by atoms with Crippen LogP contribution in [0.1, 0.15) is 16.7 Å². The number of fused-ring (bicyclic) bond motifs is 1. The topological polar surface area (TPSA) is 43.4 Å². The van der Waals surface area contributed by atoms with E-state index in [4.69, 9.17) is 9.47 Å². The van der Waals surface area contributed by atoms with Gasteiger partial charge in [-0.25, -0.2) is 4.39 Å². The Bertz CT molecular complexity index is 1350. The van der Waals surface area contributed by atoms with Crippen molar-refractivity contribution in [2.75, 3.05) is 5.32 Å². The van der Waals surface area contributed by atoms with Crippen LogP contribution in [0.2, 0.25) is 0 Å². The van der Waals surface area contributed by atoms with Crippen molar-refractivity contribution >= 4 is 27.4 Å². The van der Waals surface area contributed by atoms with Crippen LogP contribution in [-0.4, -0.2) is 4.37 Å². The molecule has 0 aliphatic carbocycles. The predicted octanol–water partition coefficient (Wildman–Crippen LogP) is 7.21. The van der Waals surface area contributed by atoms with Crippen molar-refractivity contribution in [2.24, 2.45) is 0 Å². The molecule has 4 aromatic carbocycles. The monoisotopic (exact) mass is 470 g/mol. The van der Waals surface area contributed by atoms with Gasteiger partial charge in [0.15, 0.2) is 0 Å². The maximum absolute atomic E-state index is 13.0. The third-order valence-electron chi connectivity index (χ3n) is 5.39. The number of hydrogen-bond acceptors (Lipinski definition) is 5. The van der Waals surface area contributed by atoms with Gasteiger partial charge in [-0.3, -0.25) is 0 Å². The summed E-state index contributed by atoms with van der Waals surface area (Å²) < 4.78 is 30.5. The summed E-state index contributed by atoms with van der Waals surface area (Å²) in [7, 11) is 0. The Morgan fingerprint density at radius 2 is 1.35 bits per heavy atom. The molecule has 0 atom stereocenters. The third-order valence-corrected chi connectivity index (χ3v) is 6.22. The molecule has 0 amide bonds. The van der Waals surface area contributed by atoms with Crippen molar-refractivity contribution in [3.8, 4) is 11.5 Å². The van der Waals surface area contributed by atoms with Gasteiger partial charge in [-0.15, -0.1) is 0 Å². The fraction of sp³-hybridized carbons (Fsp3) is 0.107. The molecule has 0 unspecified atom stereocenters. The Kier molecular flexibility index (Phi) is 6.68. The minimum Gasteiger partial charge on any atom is -0.489 e. The average molecular weight is 471 g/mol. The van der Waals surface area contributed by atoms with E-state index in [-0.39, 0.29) is 5.82 Å². The maximum Gasteiger partial charge on any atom is 0.147 e. The van der Waals surface area contributed by atoms with Gasteiger partial charge in [0.05, 0.1) is 4.70 Å². The molecule has 4 nitrogen and oxygen atoms in total. The predicted molar refractivity (Wildman–Crippen MR) is 135 cm³/mol. The first-order valence-corrected chi connectivity index (χ1v) is 11.8. The zero-order valence-electron chi connectivity index (χ0n) is 18.4. The maximum atomic E-state index is 13.0. The standard InChI is InChI=1S/C28H23FN2O2S/c29-23-10-6-22(7-11-23)19-32-24-12-8-20(9-13-24)17-30-28-26-16-25(14-15-27(26)34-31-28)33-18-21-4-2-1-3-5-21/h1-16H,17-19H2,(H,30,31). The van der Waals surface area contributed by atoms with Gasteiger partial charge in [-0.1, -0.05) is 54.6 Å². The lowest BCUT2D eigenvalue weighted by atomic mass is 10.2. The van der Waals surface area contributed by atoms with E-state index in [1.807, 2.05) is 60.7 Å². The smallest absolute Gasteiger partial charge is 0.147 e. The van der Waals surface area contributed by atoms with Gasteiger partial charge in [0.25, 0.3) is 0 Å². The molecule has 5 rings (SSSR count). The van der Waals surface area contributed by atoms with Gasteiger partial charge in [0.2, 0.25) is 0 Å². The van der Waals surface area contributed by atoms with E-state index < -0.39 is 0 Å². The molecule has 0 aliphatic rings. The molecular formula is C28H23FN2O2S. The quantitative estimate of drug-likeness (QED) is 0.247. The van der Waals surface area contributed by atoms with E-state index in [0.29, 0.717) is 19.8 Å². The number of aromatic nitrogens is 1. The van der Waals surface area contributed by atoms with Crippen molar-refractivity contribution < 1.29 is 13.9 Å². The largest absolute Gasteiger partial charge is 0.489 e. The van der Waals surface area contributed by atoms with Crippen LogP contribution < -0.4 is 14.8 Å². The van der Waals surface area contributed by atoms with Crippen LogP contribution in [0.25, 0.3) is 10.1 Å². The first-order valence-electron chi connectivity index (χ1n) is 11.0. The highest BCUT2D eigenvalue weighted by atomic mass is 32.1. The van der Waals surface area contributed by atoms with Crippen LogP contribution in [0, 0.1) is 5.82 Å². The van der Waals surface area contributed by atoms with Gasteiger partial charge >= 0.3 is 0 Å². The van der Waals surface area contributed by atoms with E-state index in [1.165, 1.54) is 23.7 Å². The van der Waals surface area contributed by atoms with Gasteiger partial charge in [0.1, 0.15) is 36.3 Å². The van der Waals surface area contributed by atoms with Crippen LogP contribution >= 0.6 is 11.5 Å². The van der Waals surface area contributed by atoms with Crippen molar-refractivity contribution in [1.29, 1.82) is 0 Å². The Balaban J connectivity index is 1.18. The highest BCUT2D eigenvalue weighted by Crippen LogP contribution is 2.31. The molecule has 0 spiro atoms. The summed E-state index contributed by atoms with van der Waals surface area (Å²) in [6.45, 7) is 1.58. The molecule has 170 valence electrons. The molecule has 0 radical (unpaired) electrons. The number of nitrogens with one attached hydrogen (secondary N) is 1. The van der Waals surface area contributed by atoms with Crippen LogP contribution in [0.4, 0.5) is 10.2 Å². The fourth-order valence-electron chi connectivity index (χ4n) is 3.51. The zero-order valence-corrected chi connectivity index (χ0v) is 19.2. The van der Waals surface area contributed by atoms with E-state index in [2.05, 4.69) is 21.8 Å². The highest BCUT2D eigenvalue weighted by Gasteiger charge is 2.08. The number of anilines is 1. The molecule has 0 bridgehead atoms. The first kappa shape index (κ1) is 21.9. The first-order chi connectivity index (χ1) is 16.7. The highest BCUT2D eigenvalue weighted by molar-refractivity contribution is 7.13. The van der Waals surface area contributed by atoms with Crippen molar-refractivity contribution in [2.45, 2.75) is 19.8 Å². The molecule has 0 saturated heterocycles. The number of ether oxygens (including phenoxy) is 2. The summed E-state index contributed by atoms with van der Waals surface area (Å²) in [5, 5.41) is 4.49. The van der Waals surface area contributed by atoms with Crippen molar-refractivity contribution in [1.82, 2.24) is 4.37 Å². The van der Waals surface area contributed by atoms with Crippen LogP contribution in [0.3, 0.4) is 0 Å². The Morgan fingerprint density at radius 3 is 2.12 bits per heavy atom. The summed E-state index contributed by atoms with van der Waals surface area (Å²) in [4.78, 5) is 0. The molecule has 34 heavy (non-hydrogen) atoms. The molecule has 0 fully saturated rings. The second kappa shape index (κ2) is 10.4. The molecule has 1 N–H and O–H groups in total. The lowest BCUT2D eigenvalue weighted by molar-refractivity contribution is 0.306. The Morgan fingerprint density at radius 1 is 0.706 bits per heavy atom. The van der Waals surface area contributed by atoms with E-state index >= 15 is 0 Å². The second-order valence-corrected chi connectivity index (χ2v) is 8.68. The fourth-order valence-corrected chi connectivity index (χ4v) is 4.25. The third kappa shape index (κ3) is 5.53. The normalized spacial score (nSPS) is 10.9. The second-order valence-electron chi connectivity index (χ2n) is 7.88. The van der Waals surface area contributed by atoms with Gasteiger partial charge in [-0.05, 0) is 70.7 Å². The van der Waals surface area contributed by atoms with Crippen molar-refractivity contribution in [3.63, 3.8) is 0 Å². The number of hydrogen-bond donors (Lipinski definition) is 1. The lowest BCUT2D eigenvalue weighted by Crippen LogP contribution is -2.00. The lowest BCUT2D eigenvalue weighted by Gasteiger charge is -2.09. The Labute approximate surface area is 201 Å². The zero-order chi connectivity index (χ0) is 23.2. The van der Waals surface area contributed by atoms with E-state index in [0.717, 1.165) is 44.1 Å². The van der Waals surface area contributed by atoms with Gasteiger partial charge in [0, 0.05) is 11.9 Å². The summed E-state index contributed by atoms with van der Waals surface area (Å²) in [6.07, 6.45) is 0. The number of benzene rings is 4. The Hall–Kier alpha value is -3.90. The SMILES string of the molecule is Fc1ccc(COc2ccc(CNc3nsc4ccc(OCc5ccccc5)cc34)cc2)cc1. The summed E-state index contributed by atoms with van der Waals surface area (Å²) in [5.41, 5.74) is 3.18. The van der Waals surface area contributed by atoms with Crippen LogP contribution in [0.5, 0.6) is 11.5 Å². The minimum absolute atomic E-state index is 0.246. The van der Waals surface area contributed by atoms with E-state index in [1.54, 1.807) is 12.1 Å². The molecule has 0 saturated carbocycles. The molecule has 6 heteroatoms. The van der Waals surface area contributed by atoms with Crippen LogP contribution in [0.15, 0.2) is 97.1 Å². The minimum atomic E-state index is -0.246. The molecule has 0 aliphatic heterocycles. The summed E-state index contributed by atoms with van der Waals surface area (Å²) in [6, 6.07) is 30.5. The average Bonchev–Trinajstić information content (AvgIpc) is 3.29. The molecule has 1 heterocycles. The number of rotatable bonds is 9. The van der Waals surface area contributed by atoms with Crippen molar-refractivity contribution in [3.05, 3.63) is 120 Å². The number of halogens is 1. The van der Waals surface area contributed by atoms with Crippen LogP contribution in [-0.2, 0) is 19.8 Å².